The van der Waals surface area contributed by atoms with E-state index in [4.69, 9.17) is 10.1 Å². The van der Waals surface area contributed by atoms with E-state index in [9.17, 15) is 18.7 Å². The molecule has 1 saturated carbocycles. The second kappa shape index (κ2) is 11.6. The number of nitrogens with zero attached hydrogens (tertiary/aromatic N) is 5. The van der Waals surface area contributed by atoms with Crippen LogP contribution >= 0.6 is 0 Å². The fourth-order valence-electron chi connectivity index (χ4n) is 5.98. The van der Waals surface area contributed by atoms with Gasteiger partial charge in [-0.1, -0.05) is 35.5 Å². The molecule has 0 bridgehead atoms. The zero-order valence-corrected chi connectivity index (χ0v) is 24.1. The van der Waals surface area contributed by atoms with E-state index in [1.807, 2.05) is 50.4 Å². The first kappa shape index (κ1) is 29.3. The maximum atomic E-state index is 14.2. The molecule has 1 aliphatic carbocycles. The Hall–Kier alpha value is -4.18. The van der Waals surface area contributed by atoms with Crippen LogP contribution in [-0.4, -0.2) is 52.8 Å². The van der Waals surface area contributed by atoms with Crippen LogP contribution in [0.4, 0.5) is 8.78 Å². The van der Waals surface area contributed by atoms with Crippen molar-refractivity contribution in [2.75, 3.05) is 0 Å². The fraction of sp³-hybridized carbons (Fsp3) is 0.375. The van der Waals surface area contributed by atoms with Gasteiger partial charge in [0.2, 0.25) is 5.92 Å². The molecule has 3 heterocycles. The topological polar surface area (TPSA) is 106 Å². The van der Waals surface area contributed by atoms with Gasteiger partial charge in [-0.15, -0.1) is 5.10 Å². The first-order chi connectivity index (χ1) is 20.0. The molecule has 1 atom stereocenters. The number of carboxylic acids is 1. The highest BCUT2D eigenvalue weighted by Gasteiger charge is 2.39. The minimum absolute atomic E-state index is 0.0620. The first-order valence-electron chi connectivity index (χ1n) is 14.1. The molecule has 2 N–H and O–H groups in total. The monoisotopic (exact) mass is 575 g/mol. The summed E-state index contributed by atoms with van der Waals surface area (Å²) in [5, 5.41) is 27.0. The molecule has 1 fully saturated rings. The summed E-state index contributed by atoms with van der Waals surface area (Å²) in [6, 6.07) is 16.7. The Labute approximate surface area is 242 Å². The molecule has 220 valence electrons. The van der Waals surface area contributed by atoms with Crippen molar-refractivity contribution in [3.63, 3.8) is 0 Å². The summed E-state index contributed by atoms with van der Waals surface area (Å²) in [5.74, 6) is -3.75. The van der Waals surface area contributed by atoms with E-state index in [1.54, 1.807) is 42.9 Å². The Bertz CT molecular complexity index is 1700. The lowest BCUT2D eigenvalue weighted by atomic mass is 9.79. The average Bonchev–Trinajstić information content (AvgIpc) is 3.45. The van der Waals surface area contributed by atoms with Gasteiger partial charge in [-0.2, -0.15) is 0 Å². The van der Waals surface area contributed by atoms with Crippen LogP contribution < -0.4 is 0 Å². The highest BCUT2D eigenvalue weighted by Crippen LogP contribution is 2.46. The summed E-state index contributed by atoms with van der Waals surface area (Å²) in [6.45, 7) is 5.33. The van der Waals surface area contributed by atoms with Crippen LogP contribution in [-0.2, 0) is 7.05 Å². The third-order valence-corrected chi connectivity index (χ3v) is 7.78. The van der Waals surface area contributed by atoms with E-state index in [0.717, 1.165) is 44.5 Å². The Morgan fingerprint density at radius 3 is 2.31 bits per heavy atom. The number of carbonyl (C=O) groups is 1. The third kappa shape index (κ3) is 5.76. The van der Waals surface area contributed by atoms with Crippen LogP contribution in [0, 0.1) is 12.8 Å². The molecule has 2 aromatic carbocycles. The van der Waals surface area contributed by atoms with Gasteiger partial charge < -0.3 is 14.8 Å². The number of pyridine rings is 1. The van der Waals surface area contributed by atoms with Crippen LogP contribution in [0.3, 0.4) is 0 Å². The van der Waals surface area contributed by atoms with Gasteiger partial charge in [0, 0.05) is 43.1 Å². The number of hydrogen-bond acceptors (Lipinski definition) is 5. The number of aromatic carboxylic acids is 1. The molecule has 3 aromatic heterocycles. The van der Waals surface area contributed by atoms with Gasteiger partial charge in [0.25, 0.3) is 0 Å². The van der Waals surface area contributed by atoms with Crippen LogP contribution in [0.15, 0.2) is 60.8 Å². The van der Waals surface area contributed by atoms with Gasteiger partial charge in [0.05, 0.1) is 39.5 Å². The van der Waals surface area contributed by atoms with Gasteiger partial charge in [-0.25, -0.2) is 18.3 Å². The number of carboxylic acid groups (broad SMARTS) is 1. The largest absolute Gasteiger partial charge is 0.478 e. The lowest BCUT2D eigenvalue weighted by molar-refractivity contribution is -0.0493. The molecule has 1 aliphatic rings. The number of fused-ring (bicyclic) bond motifs is 3. The number of aromatic nitrogens is 5. The smallest absolute Gasteiger partial charge is 0.335 e. The number of hydrogen-bond donors (Lipinski definition) is 2. The third-order valence-electron chi connectivity index (χ3n) is 7.78. The summed E-state index contributed by atoms with van der Waals surface area (Å²) >= 11 is 0. The molecule has 0 spiro atoms. The fourth-order valence-corrected chi connectivity index (χ4v) is 5.98. The molecule has 0 amide bonds. The predicted molar refractivity (Wildman–Crippen MR) is 158 cm³/mol. The second-order valence-corrected chi connectivity index (χ2v) is 11.3. The number of aryl methyl sites for hydroxylation is 2. The van der Waals surface area contributed by atoms with Crippen LogP contribution in [0.5, 0.6) is 0 Å². The van der Waals surface area contributed by atoms with Crippen molar-refractivity contribution in [3.05, 3.63) is 77.6 Å². The molecular formula is C32H35F2N5O3. The minimum atomic E-state index is -2.66. The lowest BCUT2D eigenvalue weighted by Gasteiger charge is -2.35. The molecule has 0 saturated heterocycles. The Morgan fingerprint density at radius 2 is 1.71 bits per heavy atom. The zero-order chi connectivity index (χ0) is 30.2. The molecular weight excluding hydrogens is 540 g/mol. The van der Waals surface area contributed by atoms with Crippen molar-refractivity contribution in [2.24, 2.45) is 13.0 Å². The Balaban J connectivity index is 0.000000830. The van der Waals surface area contributed by atoms with E-state index in [2.05, 4.69) is 14.9 Å². The number of aliphatic hydroxyl groups excluding tert-OH is 1. The maximum Gasteiger partial charge on any atom is 0.335 e. The summed E-state index contributed by atoms with van der Waals surface area (Å²) < 4.78 is 32.3. The lowest BCUT2D eigenvalue weighted by Crippen LogP contribution is -2.30. The van der Waals surface area contributed by atoms with Gasteiger partial charge in [0.1, 0.15) is 0 Å². The number of rotatable bonds is 5. The van der Waals surface area contributed by atoms with E-state index >= 15 is 0 Å². The van der Waals surface area contributed by atoms with Crippen LogP contribution in [0.2, 0.25) is 0 Å². The van der Waals surface area contributed by atoms with E-state index < -0.39 is 11.9 Å². The highest BCUT2D eigenvalue weighted by atomic mass is 19.3. The molecule has 42 heavy (non-hydrogen) atoms. The normalized spacial score (nSPS) is 16.0. The van der Waals surface area contributed by atoms with Gasteiger partial charge in [-0.3, -0.25) is 4.98 Å². The second-order valence-electron chi connectivity index (χ2n) is 11.3. The molecule has 1 unspecified atom stereocenters. The van der Waals surface area contributed by atoms with Crippen molar-refractivity contribution in [1.82, 2.24) is 24.5 Å². The van der Waals surface area contributed by atoms with Crippen molar-refractivity contribution in [3.8, 4) is 11.3 Å². The van der Waals surface area contributed by atoms with Gasteiger partial charge >= 0.3 is 5.97 Å². The SMILES string of the molecule is CC(C)O.Cc1nnn(C)c1-c1cnc2c3ccc(C(=O)O)cc3n(C(c3ccccc3)C3CCC(F)(F)CC3)c2c1. The van der Waals surface area contributed by atoms with E-state index in [0.29, 0.717) is 12.8 Å². The van der Waals surface area contributed by atoms with Crippen molar-refractivity contribution in [2.45, 2.75) is 64.5 Å². The molecule has 0 radical (unpaired) electrons. The minimum Gasteiger partial charge on any atom is -0.478 e. The Morgan fingerprint density at radius 1 is 1.05 bits per heavy atom. The van der Waals surface area contributed by atoms with Crippen LogP contribution in [0.1, 0.15) is 67.2 Å². The van der Waals surface area contributed by atoms with E-state index in [1.165, 1.54) is 0 Å². The summed E-state index contributed by atoms with van der Waals surface area (Å²) in [5.41, 5.74) is 5.83. The quantitative estimate of drug-likeness (QED) is 0.239. The zero-order valence-electron chi connectivity index (χ0n) is 24.1. The maximum absolute atomic E-state index is 14.2. The molecule has 0 aliphatic heterocycles. The molecule has 5 aromatic rings. The molecule has 10 heteroatoms. The van der Waals surface area contributed by atoms with E-state index in [-0.39, 0.29) is 36.5 Å². The summed E-state index contributed by atoms with van der Waals surface area (Å²) in [6.07, 6.45) is 2.01. The van der Waals surface area contributed by atoms with Crippen molar-refractivity contribution < 1.29 is 23.8 Å². The summed E-state index contributed by atoms with van der Waals surface area (Å²) in [7, 11) is 1.82. The van der Waals surface area contributed by atoms with Crippen molar-refractivity contribution in [1.29, 1.82) is 0 Å². The van der Waals surface area contributed by atoms with Crippen LogP contribution in [0.25, 0.3) is 33.2 Å². The predicted octanol–water partition coefficient (Wildman–Crippen LogP) is 6.79. The molecule has 8 nitrogen and oxygen atoms in total. The highest BCUT2D eigenvalue weighted by molar-refractivity contribution is 6.08. The number of aliphatic hydroxyl groups is 1. The molecule has 6 rings (SSSR count). The number of halogens is 2. The number of benzene rings is 2. The average molecular weight is 576 g/mol. The number of alkyl halides is 2. The van der Waals surface area contributed by atoms with Gasteiger partial charge in [-0.05, 0) is 69.4 Å². The van der Waals surface area contributed by atoms with Crippen molar-refractivity contribution >= 4 is 27.9 Å². The Kier molecular flexibility index (Phi) is 8.10. The first-order valence-corrected chi connectivity index (χ1v) is 14.1. The summed E-state index contributed by atoms with van der Waals surface area (Å²) in [4.78, 5) is 16.8. The van der Waals surface area contributed by atoms with Gasteiger partial charge in [0.15, 0.2) is 0 Å². The standard InChI is InChI=1S/C29H27F2N5O2.C3H8O/c1-17-26(35(2)34-33-17)21-15-24-25(32-16-21)22-9-8-20(28(37)38)14-23(22)36(24)27(18-6-4-3-5-7-18)19-10-12-29(30,31)13-11-19;1-3(2)4/h3-9,14-16,19,27H,10-13H2,1-2H3,(H,37,38);3-4H,1-2H3.